The maximum atomic E-state index is 13.5. The molecule has 0 aromatic carbocycles. The van der Waals surface area contributed by atoms with Crippen LogP contribution in [0.1, 0.15) is 112 Å². The molecule has 1 heterocycles. The van der Waals surface area contributed by atoms with Gasteiger partial charge in [-0.1, -0.05) is 46.8 Å². The minimum absolute atomic E-state index is 0.0294. The molecule has 5 saturated carbocycles. The van der Waals surface area contributed by atoms with Crippen molar-refractivity contribution in [2.45, 2.75) is 119 Å². The van der Waals surface area contributed by atoms with Crippen molar-refractivity contribution in [2.24, 2.45) is 56.7 Å². The van der Waals surface area contributed by atoms with Crippen molar-refractivity contribution in [1.82, 2.24) is 9.55 Å². The lowest BCUT2D eigenvalue weighted by molar-refractivity contribution is -0.248. The van der Waals surface area contributed by atoms with Crippen LogP contribution >= 0.6 is 0 Å². The first-order valence-corrected chi connectivity index (χ1v) is 16.6. The first-order valence-electron chi connectivity index (χ1n) is 16.6. The van der Waals surface area contributed by atoms with Crippen LogP contribution in [0.15, 0.2) is 24.5 Å². The van der Waals surface area contributed by atoms with Gasteiger partial charge >= 0.3 is 12.1 Å². The summed E-state index contributed by atoms with van der Waals surface area (Å²) in [5, 5.41) is 0. The Morgan fingerprint density at radius 2 is 1.67 bits per heavy atom. The molecule has 232 valence electrons. The summed E-state index contributed by atoms with van der Waals surface area (Å²) in [6, 6.07) is 0. The van der Waals surface area contributed by atoms with Crippen LogP contribution in [0.3, 0.4) is 0 Å². The van der Waals surface area contributed by atoms with E-state index < -0.39 is 0 Å². The highest BCUT2D eigenvalue weighted by molar-refractivity contribution is 5.78. The van der Waals surface area contributed by atoms with Gasteiger partial charge in [0.05, 0.1) is 12.5 Å². The summed E-state index contributed by atoms with van der Waals surface area (Å²) >= 11 is 0. The molecular formula is C36H54N2O4. The van der Waals surface area contributed by atoms with E-state index in [9.17, 15) is 9.59 Å². The Hall–Kier alpha value is -2.11. The van der Waals surface area contributed by atoms with E-state index in [-0.39, 0.29) is 45.2 Å². The molecule has 0 amide bonds. The van der Waals surface area contributed by atoms with Crippen molar-refractivity contribution in [3.05, 3.63) is 30.4 Å². The summed E-state index contributed by atoms with van der Waals surface area (Å²) in [7, 11) is 1.59. The molecule has 6 nitrogen and oxygen atoms in total. The number of imidazole rings is 1. The van der Waals surface area contributed by atoms with Gasteiger partial charge in [-0.15, -0.1) is 0 Å². The van der Waals surface area contributed by atoms with Crippen molar-refractivity contribution >= 4 is 12.1 Å². The number of aryl methyl sites for hydroxylation is 1. The molecule has 4 unspecified atom stereocenters. The van der Waals surface area contributed by atoms with E-state index in [0.29, 0.717) is 35.4 Å². The normalized spacial score (nSPS) is 45.5. The Morgan fingerprint density at radius 1 is 0.929 bits per heavy atom. The summed E-state index contributed by atoms with van der Waals surface area (Å²) in [4.78, 5) is 30.8. The average molecular weight is 579 g/mol. The fraction of sp³-hybridized carbons (Fsp3) is 0.806. The third kappa shape index (κ3) is 3.77. The number of fused-ring (bicyclic) bond motifs is 7. The van der Waals surface area contributed by atoms with Crippen LogP contribution in [0.25, 0.3) is 0 Å². The van der Waals surface area contributed by atoms with Gasteiger partial charge in [-0.05, 0) is 124 Å². The van der Waals surface area contributed by atoms with Gasteiger partial charge in [-0.3, -0.25) is 4.79 Å². The molecule has 6 heteroatoms. The molecule has 0 radical (unpaired) electrons. The number of nitrogens with zero attached hydrogens (tertiary/aromatic N) is 2. The maximum Gasteiger partial charge on any atom is 0.419 e. The van der Waals surface area contributed by atoms with Gasteiger partial charge in [0.25, 0.3) is 0 Å². The zero-order chi connectivity index (χ0) is 30.5. The molecule has 42 heavy (non-hydrogen) atoms. The van der Waals surface area contributed by atoms with Crippen LogP contribution in [-0.2, 0) is 14.3 Å². The molecule has 5 fully saturated rings. The van der Waals surface area contributed by atoms with Crippen LogP contribution in [0.5, 0.6) is 0 Å². The minimum atomic E-state index is -0.343. The topological polar surface area (TPSA) is 70.4 Å². The molecule has 5 aliphatic carbocycles. The Kier molecular flexibility index (Phi) is 6.91. The molecule has 0 bridgehead atoms. The highest BCUT2D eigenvalue weighted by atomic mass is 16.6. The average Bonchev–Trinajstić information content (AvgIpc) is 3.54. The van der Waals surface area contributed by atoms with E-state index in [4.69, 9.17) is 9.47 Å². The van der Waals surface area contributed by atoms with Crippen LogP contribution in [0, 0.1) is 63.6 Å². The molecule has 1 aromatic heterocycles. The molecule has 10 atom stereocenters. The SMILES string of the molecule is C=C(C)[C@@H]1CC[C@]2(C(=O)OC)CC[C@]3(C)C(CCC4[C@@]5(C)CC[C@H](OC(=O)n6ccnc6C)C(C)(C)C5CC[C@]43C)C12. The van der Waals surface area contributed by atoms with Crippen molar-refractivity contribution in [3.63, 3.8) is 0 Å². The van der Waals surface area contributed by atoms with Crippen LogP contribution in [0.2, 0.25) is 0 Å². The van der Waals surface area contributed by atoms with E-state index in [1.54, 1.807) is 19.5 Å². The lowest BCUT2D eigenvalue weighted by atomic mass is 9.32. The summed E-state index contributed by atoms with van der Waals surface area (Å²) in [6.45, 7) is 21.0. The third-order valence-corrected chi connectivity index (χ3v) is 14.9. The largest absolute Gasteiger partial charge is 0.469 e. The maximum absolute atomic E-state index is 13.5. The molecule has 0 N–H and O–H groups in total. The zero-order valence-electron chi connectivity index (χ0n) is 27.4. The number of rotatable bonds is 3. The number of hydrogen-bond acceptors (Lipinski definition) is 5. The number of esters is 1. The molecule has 0 spiro atoms. The Bertz CT molecular complexity index is 1280. The Balaban J connectivity index is 1.30. The number of allylic oxidation sites excluding steroid dienone is 1. The standard InChI is InChI=1S/C36H54N2O4/c1-22(2)24-12-17-36(30(39)41-9)19-18-34(7)25(29(24)36)10-11-27-33(6)15-14-28(42-31(40)38-21-20-37-23(38)3)32(4,5)26(33)13-16-35(27,34)8/h20-21,24-29H,1,10-19H2,2-9H3/t24-,25?,26?,27?,28-,29?,33-,34+,35+,36-/m0/s1. The first-order chi connectivity index (χ1) is 19.7. The van der Waals surface area contributed by atoms with E-state index >= 15 is 0 Å². The van der Waals surface area contributed by atoms with E-state index in [0.717, 1.165) is 44.9 Å². The van der Waals surface area contributed by atoms with Crippen LogP contribution in [0.4, 0.5) is 4.79 Å². The number of carbonyl (C=O) groups excluding carboxylic acids is 2. The smallest absolute Gasteiger partial charge is 0.419 e. The summed E-state index contributed by atoms with van der Waals surface area (Å²) in [5.74, 6) is 3.06. The van der Waals surface area contributed by atoms with Gasteiger partial charge in [0.1, 0.15) is 11.9 Å². The second-order valence-corrected chi connectivity index (χ2v) is 16.4. The van der Waals surface area contributed by atoms with Crippen LogP contribution < -0.4 is 0 Å². The summed E-state index contributed by atoms with van der Waals surface area (Å²) in [5.41, 5.74) is 1.37. The fourth-order valence-corrected chi connectivity index (χ4v) is 12.6. The molecule has 6 rings (SSSR count). The Morgan fingerprint density at radius 3 is 2.31 bits per heavy atom. The molecular weight excluding hydrogens is 524 g/mol. The van der Waals surface area contributed by atoms with E-state index in [2.05, 4.69) is 53.1 Å². The second kappa shape index (κ2) is 9.69. The predicted octanol–water partition coefficient (Wildman–Crippen LogP) is 8.38. The van der Waals surface area contributed by atoms with Gasteiger partial charge in [0, 0.05) is 17.8 Å². The second-order valence-electron chi connectivity index (χ2n) is 16.4. The highest BCUT2D eigenvalue weighted by Gasteiger charge is 2.72. The van der Waals surface area contributed by atoms with Crippen molar-refractivity contribution in [3.8, 4) is 0 Å². The lowest BCUT2D eigenvalue weighted by Gasteiger charge is -2.72. The molecule has 5 aliphatic rings. The number of hydrogen-bond donors (Lipinski definition) is 0. The number of carbonyl (C=O) groups is 2. The summed E-state index contributed by atoms with van der Waals surface area (Å²) in [6.07, 6.45) is 13.8. The molecule has 0 aliphatic heterocycles. The van der Waals surface area contributed by atoms with Gasteiger partial charge < -0.3 is 9.47 Å². The predicted molar refractivity (Wildman–Crippen MR) is 164 cm³/mol. The number of methoxy groups -OCH3 is 1. The monoisotopic (exact) mass is 578 g/mol. The zero-order valence-corrected chi connectivity index (χ0v) is 27.4. The quantitative estimate of drug-likeness (QED) is 0.266. The van der Waals surface area contributed by atoms with Gasteiger partial charge in [0.2, 0.25) is 0 Å². The fourth-order valence-electron chi connectivity index (χ4n) is 12.6. The van der Waals surface area contributed by atoms with E-state index in [1.165, 1.54) is 29.4 Å². The van der Waals surface area contributed by atoms with E-state index in [1.807, 2.05) is 6.92 Å². The van der Waals surface area contributed by atoms with Crippen molar-refractivity contribution in [2.75, 3.05) is 7.11 Å². The van der Waals surface area contributed by atoms with Crippen molar-refractivity contribution < 1.29 is 19.1 Å². The summed E-state index contributed by atoms with van der Waals surface area (Å²) < 4.78 is 13.3. The first kappa shape index (κ1) is 29.9. The van der Waals surface area contributed by atoms with Crippen molar-refractivity contribution in [1.29, 1.82) is 0 Å². The Labute approximate surface area is 253 Å². The number of ether oxygens (including phenoxy) is 2. The minimum Gasteiger partial charge on any atom is -0.469 e. The third-order valence-electron chi connectivity index (χ3n) is 14.9. The lowest BCUT2D eigenvalue weighted by Crippen LogP contribution is -2.67. The highest BCUT2D eigenvalue weighted by Crippen LogP contribution is 2.77. The van der Waals surface area contributed by atoms with Crippen LogP contribution in [-0.4, -0.2) is 34.8 Å². The van der Waals surface area contributed by atoms with Gasteiger partial charge in [0.15, 0.2) is 0 Å². The van der Waals surface area contributed by atoms with Gasteiger partial charge in [-0.2, -0.15) is 0 Å². The van der Waals surface area contributed by atoms with Gasteiger partial charge in [-0.25, -0.2) is 14.3 Å². The molecule has 1 aromatic rings. The molecule has 0 saturated heterocycles. The number of aromatic nitrogens is 2.